The second-order valence-corrected chi connectivity index (χ2v) is 5.24. The minimum atomic E-state index is -0.313. The van der Waals surface area contributed by atoms with Crippen molar-refractivity contribution in [3.05, 3.63) is 29.8 Å². The number of ether oxygens (including phenoxy) is 1. The largest absolute Gasteiger partial charge is 0.508 e. The third-order valence-corrected chi connectivity index (χ3v) is 3.84. The van der Waals surface area contributed by atoms with Gasteiger partial charge in [0, 0.05) is 13.1 Å². The number of Topliss-reactive ketones (excluding diaryl/α,β-unsaturated/α-hetero) is 1. The van der Waals surface area contributed by atoms with Gasteiger partial charge in [0.15, 0.2) is 0 Å². The van der Waals surface area contributed by atoms with E-state index in [1.807, 2.05) is 30.9 Å². The highest BCUT2D eigenvalue weighted by molar-refractivity contribution is 7.80. The summed E-state index contributed by atoms with van der Waals surface area (Å²) in [7, 11) is 0. The number of thiocarbonyl (C=S) groups is 1. The number of phenols is 1. The van der Waals surface area contributed by atoms with Crippen LogP contribution in [0.25, 0.3) is 0 Å². The maximum absolute atomic E-state index is 11.8. The Morgan fingerprint density at radius 1 is 1.33 bits per heavy atom. The first-order valence-electron chi connectivity index (χ1n) is 7.18. The van der Waals surface area contributed by atoms with Crippen LogP contribution in [0.2, 0.25) is 0 Å². The van der Waals surface area contributed by atoms with E-state index < -0.39 is 0 Å². The van der Waals surface area contributed by atoms with Gasteiger partial charge in [0.25, 0.3) is 5.17 Å². The van der Waals surface area contributed by atoms with E-state index in [0.29, 0.717) is 11.6 Å². The monoisotopic (exact) mass is 309 g/mol. The molecule has 5 heteroatoms. The first-order chi connectivity index (χ1) is 9.99. The smallest absolute Gasteiger partial charge is 0.259 e. The summed E-state index contributed by atoms with van der Waals surface area (Å²) >= 11 is 5.21. The summed E-state index contributed by atoms with van der Waals surface area (Å²) in [5, 5.41) is 10.2. The van der Waals surface area contributed by atoms with Crippen LogP contribution in [0.1, 0.15) is 26.3 Å². The van der Waals surface area contributed by atoms with Gasteiger partial charge >= 0.3 is 0 Å². The molecule has 0 radical (unpaired) electrons. The molecule has 0 spiro atoms. The number of hydrogen-bond acceptors (Lipinski definition) is 4. The number of nitrogens with zero attached hydrogens (tertiary/aromatic N) is 1. The summed E-state index contributed by atoms with van der Waals surface area (Å²) in [4.78, 5) is 13.7. The minimum Gasteiger partial charge on any atom is -0.508 e. The average Bonchev–Trinajstić information content (AvgIpc) is 2.46. The van der Waals surface area contributed by atoms with Gasteiger partial charge < -0.3 is 14.7 Å². The molecule has 0 heterocycles. The van der Waals surface area contributed by atoms with Crippen molar-refractivity contribution < 1.29 is 14.6 Å². The van der Waals surface area contributed by atoms with Crippen molar-refractivity contribution in [2.24, 2.45) is 5.92 Å². The van der Waals surface area contributed by atoms with Crippen LogP contribution in [0.4, 0.5) is 0 Å². The van der Waals surface area contributed by atoms with Gasteiger partial charge in [-0.05, 0) is 51.0 Å². The Bertz CT molecular complexity index is 486. The van der Waals surface area contributed by atoms with Crippen LogP contribution in [0, 0.1) is 5.92 Å². The highest BCUT2D eigenvalue weighted by Crippen LogP contribution is 2.20. The van der Waals surface area contributed by atoms with Crippen molar-refractivity contribution in [2.45, 2.75) is 27.2 Å². The van der Waals surface area contributed by atoms with Crippen LogP contribution >= 0.6 is 12.2 Å². The number of rotatable bonds is 7. The van der Waals surface area contributed by atoms with Crippen LogP contribution in [0.15, 0.2) is 24.3 Å². The molecule has 1 N–H and O–H groups in total. The zero-order valence-corrected chi connectivity index (χ0v) is 13.7. The molecule has 1 atom stereocenters. The number of benzene rings is 1. The van der Waals surface area contributed by atoms with Crippen molar-refractivity contribution >= 4 is 23.2 Å². The van der Waals surface area contributed by atoms with Crippen LogP contribution in [0.3, 0.4) is 0 Å². The van der Waals surface area contributed by atoms with Gasteiger partial charge in [-0.2, -0.15) is 0 Å². The Morgan fingerprint density at radius 2 is 1.95 bits per heavy atom. The van der Waals surface area contributed by atoms with E-state index in [-0.39, 0.29) is 24.1 Å². The Morgan fingerprint density at radius 3 is 2.48 bits per heavy atom. The molecule has 0 aliphatic heterocycles. The summed E-state index contributed by atoms with van der Waals surface area (Å²) in [5.74, 6) is -0.0810. The fraction of sp³-hybridized carbons (Fsp3) is 0.500. The van der Waals surface area contributed by atoms with Crippen LogP contribution in [-0.2, 0) is 16.0 Å². The molecular formula is C16H23NO3S. The van der Waals surface area contributed by atoms with E-state index in [1.54, 1.807) is 12.1 Å². The van der Waals surface area contributed by atoms with Gasteiger partial charge in [0.05, 0.1) is 5.92 Å². The topological polar surface area (TPSA) is 49.8 Å². The molecule has 1 rings (SSSR count). The zero-order chi connectivity index (χ0) is 15.8. The fourth-order valence-electron chi connectivity index (χ4n) is 2.01. The lowest BCUT2D eigenvalue weighted by molar-refractivity contribution is -0.121. The predicted molar refractivity (Wildman–Crippen MR) is 87.5 cm³/mol. The Labute approximate surface area is 131 Å². The molecule has 0 aromatic heterocycles. The van der Waals surface area contributed by atoms with Gasteiger partial charge in [-0.25, -0.2) is 0 Å². The maximum Gasteiger partial charge on any atom is 0.259 e. The summed E-state index contributed by atoms with van der Waals surface area (Å²) in [6.45, 7) is 7.33. The highest BCUT2D eigenvalue weighted by Gasteiger charge is 2.19. The van der Waals surface area contributed by atoms with Crippen LogP contribution in [-0.4, -0.2) is 40.7 Å². The lowest BCUT2D eigenvalue weighted by Crippen LogP contribution is -2.33. The lowest BCUT2D eigenvalue weighted by atomic mass is 9.96. The lowest BCUT2D eigenvalue weighted by Gasteiger charge is -2.23. The molecule has 4 nitrogen and oxygen atoms in total. The average molecular weight is 309 g/mol. The SMILES string of the molecule is CCN(CC)C(=S)OCC(Cc1ccccc1O)C(C)=O. The van der Waals surface area contributed by atoms with Gasteiger partial charge in [-0.1, -0.05) is 18.2 Å². The molecule has 0 bridgehead atoms. The number of ketones is 1. The molecule has 1 aromatic rings. The van der Waals surface area contributed by atoms with Crippen molar-refractivity contribution in [1.29, 1.82) is 0 Å². The number of carbonyl (C=O) groups is 1. The molecule has 0 saturated heterocycles. The summed E-state index contributed by atoms with van der Waals surface area (Å²) < 4.78 is 5.58. The Hall–Kier alpha value is -1.62. The van der Waals surface area contributed by atoms with Crippen LogP contribution in [0.5, 0.6) is 5.75 Å². The Balaban J connectivity index is 2.65. The molecule has 0 saturated carbocycles. The van der Waals surface area contributed by atoms with Crippen LogP contribution < -0.4 is 0 Å². The third-order valence-electron chi connectivity index (χ3n) is 3.46. The molecule has 21 heavy (non-hydrogen) atoms. The van der Waals surface area contributed by atoms with Crippen molar-refractivity contribution in [3.63, 3.8) is 0 Å². The molecule has 1 unspecified atom stereocenters. The fourth-order valence-corrected chi connectivity index (χ4v) is 2.34. The molecule has 0 fully saturated rings. The third kappa shape index (κ3) is 5.34. The number of aromatic hydroxyl groups is 1. The van der Waals surface area contributed by atoms with E-state index in [1.165, 1.54) is 6.92 Å². The zero-order valence-electron chi connectivity index (χ0n) is 12.8. The van der Waals surface area contributed by atoms with E-state index in [9.17, 15) is 9.90 Å². The standard InChI is InChI=1S/C16H23NO3S/c1-4-17(5-2)16(21)20-11-14(12(3)18)10-13-8-6-7-9-15(13)19/h6-9,14,19H,4-5,10-11H2,1-3H3. The van der Waals surface area contributed by atoms with Gasteiger partial charge in [0.2, 0.25) is 0 Å². The van der Waals surface area contributed by atoms with Gasteiger partial charge in [-0.3, -0.25) is 4.79 Å². The van der Waals surface area contributed by atoms with E-state index >= 15 is 0 Å². The highest BCUT2D eigenvalue weighted by atomic mass is 32.1. The van der Waals surface area contributed by atoms with Gasteiger partial charge in [0.1, 0.15) is 18.1 Å². The number of para-hydroxylation sites is 1. The maximum atomic E-state index is 11.8. The molecular weight excluding hydrogens is 286 g/mol. The first kappa shape index (κ1) is 17.4. The van der Waals surface area contributed by atoms with Crippen molar-refractivity contribution in [1.82, 2.24) is 4.90 Å². The summed E-state index contributed by atoms with van der Waals surface area (Å²) in [6, 6.07) is 7.03. The molecule has 116 valence electrons. The molecule has 0 aliphatic carbocycles. The van der Waals surface area contributed by atoms with Crippen molar-refractivity contribution in [3.8, 4) is 5.75 Å². The second kappa shape index (κ2) is 8.62. The number of carbonyl (C=O) groups excluding carboxylic acids is 1. The second-order valence-electron chi connectivity index (χ2n) is 4.89. The molecule has 0 aliphatic rings. The normalized spacial score (nSPS) is 11.8. The van der Waals surface area contributed by atoms with Crippen molar-refractivity contribution in [2.75, 3.05) is 19.7 Å². The molecule has 0 amide bonds. The number of phenolic OH excluding ortho intramolecular Hbond substituents is 1. The first-order valence-corrected chi connectivity index (χ1v) is 7.59. The van der Waals surface area contributed by atoms with Gasteiger partial charge in [-0.15, -0.1) is 0 Å². The quantitative estimate of drug-likeness (QED) is 0.785. The summed E-state index contributed by atoms with van der Waals surface area (Å²) in [6.07, 6.45) is 0.447. The number of hydrogen-bond donors (Lipinski definition) is 1. The van der Waals surface area contributed by atoms with E-state index in [4.69, 9.17) is 17.0 Å². The predicted octanol–water partition coefficient (Wildman–Crippen LogP) is 2.78. The minimum absolute atomic E-state index is 0.0283. The van der Waals surface area contributed by atoms with E-state index in [2.05, 4.69) is 0 Å². The summed E-state index contributed by atoms with van der Waals surface area (Å²) in [5.41, 5.74) is 0.745. The van der Waals surface area contributed by atoms with E-state index in [0.717, 1.165) is 18.7 Å². The Kier molecular flexibility index (Phi) is 7.15. The molecule has 1 aromatic carbocycles.